The van der Waals surface area contributed by atoms with Crippen molar-refractivity contribution >= 4 is 6.03 Å². The van der Waals surface area contributed by atoms with Gasteiger partial charge < -0.3 is 4.90 Å². The lowest BCUT2D eigenvalue weighted by atomic mass is 10.2. The summed E-state index contributed by atoms with van der Waals surface area (Å²) in [6, 6.07) is 0.0596. The molecule has 0 saturated carbocycles. The fourth-order valence-electron chi connectivity index (χ4n) is 1.71. The summed E-state index contributed by atoms with van der Waals surface area (Å²) < 4.78 is 1.66. The normalized spacial score (nSPS) is 16.2. The molecule has 4 heteroatoms. The van der Waals surface area contributed by atoms with Crippen molar-refractivity contribution in [3.63, 3.8) is 0 Å². The number of aryl methyl sites for hydroxylation is 1. The molecular weight excluding hydrogens is 166 g/mol. The van der Waals surface area contributed by atoms with Gasteiger partial charge in [-0.25, -0.2) is 9.78 Å². The largest absolute Gasteiger partial charge is 0.329 e. The van der Waals surface area contributed by atoms with E-state index in [0.717, 1.165) is 30.9 Å². The van der Waals surface area contributed by atoms with Gasteiger partial charge in [0, 0.05) is 19.5 Å². The molecule has 0 aliphatic carbocycles. The van der Waals surface area contributed by atoms with Gasteiger partial charge in [-0.1, -0.05) is 0 Å². The Labute approximate surface area is 77.2 Å². The van der Waals surface area contributed by atoms with Crippen LogP contribution < -0.4 is 0 Å². The van der Waals surface area contributed by atoms with Crippen LogP contribution in [-0.2, 0) is 6.42 Å². The van der Waals surface area contributed by atoms with Crippen molar-refractivity contribution in [2.45, 2.75) is 20.3 Å². The smallest absolute Gasteiger partial charge is 0.324 e. The predicted octanol–water partition coefficient (Wildman–Crippen LogP) is 1.04. The molecule has 1 aliphatic rings. The van der Waals surface area contributed by atoms with Crippen LogP contribution in [0.1, 0.15) is 18.3 Å². The van der Waals surface area contributed by atoms with E-state index in [4.69, 9.17) is 0 Å². The average molecular weight is 179 g/mol. The maximum atomic E-state index is 11.7. The number of aromatic nitrogens is 2. The van der Waals surface area contributed by atoms with E-state index in [1.807, 2.05) is 18.7 Å². The van der Waals surface area contributed by atoms with Crippen molar-refractivity contribution in [1.29, 1.82) is 0 Å². The first-order valence-corrected chi connectivity index (χ1v) is 4.56. The second-order valence-electron chi connectivity index (χ2n) is 3.26. The van der Waals surface area contributed by atoms with Crippen LogP contribution in [0.4, 0.5) is 4.79 Å². The van der Waals surface area contributed by atoms with E-state index in [9.17, 15) is 4.79 Å². The maximum Gasteiger partial charge on any atom is 0.329 e. The van der Waals surface area contributed by atoms with Crippen LogP contribution in [-0.4, -0.2) is 33.6 Å². The molecule has 1 aromatic heterocycles. The Hall–Kier alpha value is -1.32. The minimum absolute atomic E-state index is 0.0596. The summed E-state index contributed by atoms with van der Waals surface area (Å²) >= 11 is 0. The summed E-state index contributed by atoms with van der Waals surface area (Å²) in [6.07, 6.45) is 2.54. The fourth-order valence-corrected chi connectivity index (χ4v) is 1.71. The van der Waals surface area contributed by atoms with E-state index >= 15 is 0 Å². The molecule has 0 fully saturated rings. The molecule has 1 aromatic rings. The van der Waals surface area contributed by atoms with E-state index in [0.29, 0.717) is 0 Å². The van der Waals surface area contributed by atoms with Gasteiger partial charge >= 0.3 is 6.03 Å². The Morgan fingerprint density at radius 3 is 3.08 bits per heavy atom. The first-order chi connectivity index (χ1) is 6.24. The van der Waals surface area contributed by atoms with Gasteiger partial charge in [-0.2, -0.15) is 0 Å². The highest BCUT2D eigenvalue weighted by atomic mass is 16.2. The van der Waals surface area contributed by atoms with Gasteiger partial charge in [0.05, 0.1) is 11.4 Å². The van der Waals surface area contributed by atoms with Crippen molar-refractivity contribution in [3.05, 3.63) is 17.7 Å². The lowest BCUT2D eigenvalue weighted by Crippen LogP contribution is -2.40. The number of carbonyl (C=O) groups is 1. The van der Waals surface area contributed by atoms with Crippen molar-refractivity contribution in [2.75, 3.05) is 13.1 Å². The Balaban J connectivity index is 2.40. The molecule has 0 aromatic carbocycles. The molecule has 1 aliphatic heterocycles. The molecule has 4 nitrogen and oxygen atoms in total. The Bertz CT molecular complexity index is 343. The van der Waals surface area contributed by atoms with Crippen LogP contribution in [0.2, 0.25) is 0 Å². The number of amides is 1. The summed E-state index contributed by atoms with van der Waals surface area (Å²) in [6.45, 7) is 5.53. The zero-order valence-corrected chi connectivity index (χ0v) is 7.95. The Morgan fingerprint density at radius 1 is 1.62 bits per heavy atom. The first kappa shape index (κ1) is 8.29. The molecule has 0 spiro atoms. The molecule has 0 atom stereocenters. The summed E-state index contributed by atoms with van der Waals surface area (Å²) in [5.41, 5.74) is 2.04. The van der Waals surface area contributed by atoms with Gasteiger partial charge in [0.25, 0.3) is 0 Å². The standard InChI is InChI=1S/C9H13N3O/c1-3-11-5-4-8-7(2)10-6-12(8)9(11)13/h6H,3-5H2,1-2H3. The van der Waals surface area contributed by atoms with E-state index in [-0.39, 0.29) is 6.03 Å². The number of imidazole rings is 1. The van der Waals surface area contributed by atoms with Gasteiger partial charge in [-0.05, 0) is 13.8 Å². The fraction of sp³-hybridized carbons (Fsp3) is 0.556. The van der Waals surface area contributed by atoms with Crippen molar-refractivity contribution in [2.24, 2.45) is 0 Å². The third-order valence-corrected chi connectivity index (χ3v) is 2.55. The highest BCUT2D eigenvalue weighted by molar-refractivity contribution is 5.78. The van der Waals surface area contributed by atoms with E-state index in [1.54, 1.807) is 10.9 Å². The molecule has 0 radical (unpaired) electrons. The number of carbonyl (C=O) groups excluding carboxylic acids is 1. The van der Waals surface area contributed by atoms with E-state index < -0.39 is 0 Å². The third kappa shape index (κ3) is 1.13. The molecule has 0 unspecified atom stereocenters. The van der Waals surface area contributed by atoms with Gasteiger partial charge in [0.1, 0.15) is 6.33 Å². The van der Waals surface area contributed by atoms with Crippen molar-refractivity contribution < 1.29 is 4.79 Å². The van der Waals surface area contributed by atoms with Gasteiger partial charge in [-0.3, -0.25) is 4.57 Å². The Morgan fingerprint density at radius 2 is 2.38 bits per heavy atom. The van der Waals surface area contributed by atoms with Gasteiger partial charge in [-0.15, -0.1) is 0 Å². The first-order valence-electron chi connectivity index (χ1n) is 4.56. The van der Waals surface area contributed by atoms with E-state index in [2.05, 4.69) is 4.98 Å². The third-order valence-electron chi connectivity index (χ3n) is 2.55. The van der Waals surface area contributed by atoms with Crippen LogP contribution in [0.5, 0.6) is 0 Å². The number of likely N-dealkylation sites (N-methyl/N-ethyl adjacent to an activating group) is 1. The van der Waals surface area contributed by atoms with Crippen LogP contribution >= 0.6 is 0 Å². The second kappa shape index (κ2) is 2.87. The topological polar surface area (TPSA) is 38.1 Å². The summed E-state index contributed by atoms with van der Waals surface area (Å²) in [4.78, 5) is 17.7. The zero-order valence-electron chi connectivity index (χ0n) is 7.95. The van der Waals surface area contributed by atoms with Gasteiger partial charge in [0.15, 0.2) is 0 Å². The lowest BCUT2D eigenvalue weighted by molar-refractivity contribution is 0.195. The molecule has 0 saturated heterocycles. The molecular formula is C9H13N3O. The second-order valence-corrected chi connectivity index (χ2v) is 3.26. The number of hydrogen-bond acceptors (Lipinski definition) is 2. The molecule has 0 bridgehead atoms. The highest BCUT2D eigenvalue weighted by Crippen LogP contribution is 2.14. The SMILES string of the molecule is CCN1CCc2c(C)ncn2C1=O. The van der Waals surface area contributed by atoms with Crippen LogP contribution in [0, 0.1) is 6.92 Å². The Kier molecular flexibility index (Phi) is 1.83. The lowest BCUT2D eigenvalue weighted by Gasteiger charge is -2.26. The van der Waals surface area contributed by atoms with Crippen LogP contribution in [0.15, 0.2) is 6.33 Å². The average Bonchev–Trinajstić information content (AvgIpc) is 2.50. The van der Waals surface area contributed by atoms with Crippen LogP contribution in [0.3, 0.4) is 0 Å². The maximum absolute atomic E-state index is 11.7. The summed E-state index contributed by atoms with van der Waals surface area (Å²) in [7, 11) is 0. The van der Waals surface area contributed by atoms with Crippen LogP contribution in [0.25, 0.3) is 0 Å². The quantitative estimate of drug-likeness (QED) is 0.646. The number of nitrogens with zero attached hydrogens (tertiary/aromatic N) is 3. The monoisotopic (exact) mass is 179 g/mol. The zero-order chi connectivity index (χ0) is 9.42. The molecule has 2 heterocycles. The number of rotatable bonds is 1. The minimum atomic E-state index is 0.0596. The van der Waals surface area contributed by atoms with Gasteiger partial charge in [0.2, 0.25) is 0 Å². The summed E-state index contributed by atoms with van der Waals surface area (Å²) in [5.74, 6) is 0. The van der Waals surface area contributed by atoms with Crippen molar-refractivity contribution in [3.8, 4) is 0 Å². The van der Waals surface area contributed by atoms with Crippen molar-refractivity contribution in [1.82, 2.24) is 14.5 Å². The molecule has 13 heavy (non-hydrogen) atoms. The minimum Gasteiger partial charge on any atom is -0.324 e. The summed E-state index contributed by atoms with van der Waals surface area (Å²) in [5, 5.41) is 0. The van der Waals surface area contributed by atoms with E-state index in [1.165, 1.54) is 0 Å². The number of fused-ring (bicyclic) bond motifs is 1. The molecule has 0 N–H and O–H groups in total. The highest BCUT2D eigenvalue weighted by Gasteiger charge is 2.23. The molecule has 2 rings (SSSR count). The number of hydrogen-bond donors (Lipinski definition) is 0. The molecule has 70 valence electrons. The molecule has 1 amide bonds. The predicted molar refractivity (Wildman–Crippen MR) is 48.7 cm³/mol.